The molecule has 2 aliphatic heterocycles. The summed E-state index contributed by atoms with van der Waals surface area (Å²) in [5, 5.41) is 5.58. The van der Waals surface area contributed by atoms with E-state index in [-0.39, 0.29) is 29.8 Å². The molecule has 8 nitrogen and oxygen atoms in total. The van der Waals surface area contributed by atoms with Crippen molar-refractivity contribution in [2.75, 3.05) is 25.0 Å². The van der Waals surface area contributed by atoms with E-state index in [1.54, 1.807) is 18.5 Å². The quantitative estimate of drug-likeness (QED) is 0.541. The first-order valence-electron chi connectivity index (χ1n) is 12.0. The van der Waals surface area contributed by atoms with Crippen molar-refractivity contribution in [1.82, 2.24) is 14.9 Å². The molecule has 4 heterocycles. The van der Waals surface area contributed by atoms with Crippen molar-refractivity contribution in [1.29, 1.82) is 0 Å². The van der Waals surface area contributed by atoms with E-state index in [4.69, 9.17) is 26.1 Å². The molecule has 0 saturated carbocycles. The molecule has 1 saturated heterocycles. The molecule has 0 spiro atoms. The van der Waals surface area contributed by atoms with Crippen LogP contribution < -0.4 is 5.32 Å². The summed E-state index contributed by atoms with van der Waals surface area (Å²) < 4.78 is 12.1. The molecular formula is C26H32ClN5O3. The third kappa shape index (κ3) is 5.01. The second-order valence-corrected chi connectivity index (χ2v) is 11.3. The highest BCUT2D eigenvalue weighted by Crippen LogP contribution is 2.34. The van der Waals surface area contributed by atoms with Crippen LogP contribution in [0, 0.1) is 0 Å². The highest BCUT2D eigenvalue weighted by atomic mass is 35.5. The fourth-order valence-electron chi connectivity index (χ4n) is 5.23. The summed E-state index contributed by atoms with van der Waals surface area (Å²) in [4.78, 5) is 28.1. The van der Waals surface area contributed by atoms with E-state index in [9.17, 15) is 4.79 Å². The van der Waals surface area contributed by atoms with Gasteiger partial charge in [-0.1, -0.05) is 11.6 Å². The number of carbonyl (C=O) groups excluding carboxylic acids is 1. The standard InChI is InChI=1S/C26H32ClN5O3/c1-15-10-25(2,3)31-22(35-15)12-32-14-26(4,5)34-13-21(32)24(33)30-19-9-16(27)8-18-17-6-7-28-11-20(17)29-23(18)19/h6-9,11,15,21,29H,10,12-14H2,1-5H3,(H,30,33)/t15?,21-/m0/s1. The van der Waals surface area contributed by atoms with Crippen LogP contribution in [0.5, 0.6) is 0 Å². The van der Waals surface area contributed by atoms with Gasteiger partial charge in [0.05, 0.1) is 53.3 Å². The zero-order valence-corrected chi connectivity index (χ0v) is 21.6. The smallest absolute Gasteiger partial charge is 0.244 e. The minimum atomic E-state index is -0.505. The molecule has 0 aliphatic carbocycles. The maximum atomic E-state index is 13.6. The van der Waals surface area contributed by atoms with Crippen molar-refractivity contribution in [2.45, 2.75) is 64.3 Å². The van der Waals surface area contributed by atoms with Crippen LogP contribution in [-0.2, 0) is 14.3 Å². The van der Waals surface area contributed by atoms with Gasteiger partial charge < -0.3 is 19.8 Å². The normalized spacial score (nSPS) is 24.2. The molecule has 2 atom stereocenters. The highest BCUT2D eigenvalue weighted by molar-refractivity contribution is 6.33. The topological polar surface area (TPSA) is 91.8 Å². The van der Waals surface area contributed by atoms with Gasteiger partial charge in [-0.2, -0.15) is 0 Å². The van der Waals surface area contributed by atoms with Crippen molar-refractivity contribution >= 4 is 50.9 Å². The number of amides is 1. The van der Waals surface area contributed by atoms with Gasteiger partial charge in [-0.15, -0.1) is 0 Å². The summed E-state index contributed by atoms with van der Waals surface area (Å²) in [6.07, 6.45) is 4.45. The van der Waals surface area contributed by atoms with Gasteiger partial charge in [0.1, 0.15) is 6.04 Å². The first kappa shape index (κ1) is 24.0. The lowest BCUT2D eigenvalue weighted by molar-refractivity contribution is -0.141. The lowest BCUT2D eigenvalue weighted by Gasteiger charge is -2.43. The second-order valence-electron chi connectivity index (χ2n) is 10.9. The molecule has 35 heavy (non-hydrogen) atoms. The molecule has 1 fully saturated rings. The number of hydrogen-bond donors (Lipinski definition) is 2. The van der Waals surface area contributed by atoms with Crippen LogP contribution in [0.25, 0.3) is 21.8 Å². The van der Waals surface area contributed by atoms with Crippen LogP contribution in [0.2, 0.25) is 5.02 Å². The monoisotopic (exact) mass is 497 g/mol. The maximum Gasteiger partial charge on any atom is 0.244 e. The Labute approximate surface area is 210 Å². The minimum Gasteiger partial charge on any atom is -0.477 e. The number of anilines is 1. The number of benzene rings is 1. The third-order valence-corrected chi connectivity index (χ3v) is 6.80. The second kappa shape index (κ2) is 8.76. The molecule has 1 unspecified atom stereocenters. The Morgan fingerprint density at radius 1 is 1.29 bits per heavy atom. The summed E-state index contributed by atoms with van der Waals surface area (Å²) in [7, 11) is 0. The Kier molecular flexibility index (Phi) is 6.02. The molecule has 9 heteroatoms. The van der Waals surface area contributed by atoms with E-state index in [0.29, 0.717) is 29.7 Å². The lowest BCUT2D eigenvalue weighted by atomic mass is 9.97. The number of nitrogens with zero attached hydrogens (tertiary/aromatic N) is 3. The average Bonchev–Trinajstić information content (AvgIpc) is 3.10. The van der Waals surface area contributed by atoms with Gasteiger partial charge in [-0.3, -0.25) is 14.7 Å². The third-order valence-electron chi connectivity index (χ3n) is 6.58. The number of halogens is 1. The number of pyridine rings is 1. The van der Waals surface area contributed by atoms with E-state index < -0.39 is 6.04 Å². The van der Waals surface area contributed by atoms with Gasteiger partial charge >= 0.3 is 0 Å². The number of aromatic amines is 1. The van der Waals surface area contributed by atoms with Crippen molar-refractivity contribution in [3.05, 3.63) is 35.6 Å². The first-order chi connectivity index (χ1) is 16.5. The Hall–Kier alpha value is -2.68. The average molecular weight is 498 g/mol. The van der Waals surface area contributed by atoms with E-state index in [1.807, 2.05) is 26.0 Å². The zero-order chi connectivity index (χ0) is 25.0. The Bertz CT molecular complexity index is 1320. The summed E-state index contributed by atoms with van der Waals surface area (Å²) in [6.45, 7) is 11.6. The van der Waals surface area contributed by atoms with E-state index >= 15 is 0 Å². The van der Waals surface area contributed by atoms with Crippen molar-refractivity contribution < 1.29 is 14.3 Å². The van der Waals surface area contributed by atoms with Gasteiger partial charge in [-0.25, -0.2) is 4.99 Å². The number of morpholine rings is 1. The SMILES string of the molecule is CC1CC(C)(C)N=C(CN2CC(C)(C)OC[C@H]2C(=O)Nc2cc(Cl)cc3c2[nH]c2cnccc23)O1. The molecule has 186 valence electrons. The van der Waals surface area contributed by atoms with E-state index in [2.05, 4.69) is 41.0 Å². The Morgan fingerprint density at radius 3 is 2.86 bits per heavy atom. The number of carbonyl (C=O) groups is 1. The highest BCUT2D eigenvalue weighted by Gasteiger charge is 2.40. The molecular weight excluding hydrogens is 466 g/mol. The number of hydrogen-bond acceptors (Lipinski definition) is 6. The van der Waals surface area contributed by atoms with Crippen molar-refractivity contribution in [2.24, 2.45) is 4.99 Å². The fraction of sp³-hybridized carbons (Fsp3) is 0.500. The zero-order valence-electron chi connectivity index (χ0n) is 20.8. The number of fused-ring (bicyclic) bond motifs is 3. The number of nitrogens with one attached hydrogen (secondary N) is 2. The number of ether oxygens (including phenoxy) is 2. The fourth-order valence-corrected chi connectivity index (χ4v) is 5.45. The van der Waals surface area contributed by atoms with Gasteiger partial charge in [0.2, 0.25) is 5.91 Å². The predicted molar refractivity (Wildman–Crippen MR) is 139 cm³/mol. The summed E-state index contributed by atoms with van der Waals surface area (Å²) in [5.74, 6) is 0.502. The minimum absolute atomic E-state index is 0.0788. The molecule has 0 radical (unpaired) electrons. The summed E-state index contributed by atoms with van der Waals surface area (Å²) >= 11 is 6.44. The molecule has 0 bridgehead atoms. The number of H-pyrrole nitrogens is 1. The van der Waals surface area contributed by atoms with Crippen LogP contribution in [0.15, 0.2) is 35.6 Å². The van der Waals surface area contributed by atoms with Gasteiger partial charge in [0, 0.05) is 35.0 Å². The number of rotatable bonds is 4. The maximum absolute atomic E-state index is 13.6. The van der Waals surface area contributed by atoms with Gasteiger partial charge in [0.15, 0.2) is 5.90 Å². The Morgan fingerprint density at radius 2 is 2.09 bits per heavy atom. The van der Waals surface area contributed by atoms with Gasteiger partial charge in [-0.05, 0) is 52.8 Å². The Balaban J connectivity index is 1.43. The van der Waals surface area contributed by atoms with Crippen molar-refractivity contribution in [3.8, 4) is 0 Å². The summed E-state index contributed by atoms with van der Waals surface area (Å²) in [6, 6.07) is 5.09. The number of aromatic nitrogens is 2. The van der Waals surface area contributed by atoms with Crippen LogP contribution in [0.4, 0.5) is 5.69 Å². The molecule has 3 aromatic rings. The molecule has 2 aromatic heterocycles. The molecule has 1 amide bonds. The molecule has 2 N–H and O–H groups in total. The number of aliphatic imine (C=N–C) groups is 1. The van der Waals surface area contributed by atoms with Crippen LogP contribution >= 0.6 is 11.6 Å². The van der Waals surface area contributed by atoms with Crippen LogP contribution in [-0.4, -0.2) is 69.7 Å². The van der Waals surface area contributed by atoms with Crippen LogP contribution in [0.3, 0.4) is 0 Å². The molecule has 2 aliphatic rings. The first-order valence-corrected chi connectivity index (χ1v) is 12.4. The van der Waals surface area contributed by atoms with Crippen LogP contribution in [0.1, 0.15) is 41.0 Å². The summed E-state index contributed by atoms with van der Waals surface area (Å²) in [5.41, 5.74) is 1.74. The van der Waals surface area contributed by atoms with E-state index in [1.165, 1.54) is 0 Å². The lowest BCUT2D eigenvalue weighted by Crippen LogP contribution is -2.59. The van der Waals surface area contributed by atoms with E-state index in [0.717, 1.165) is 28.2 Å². The molecule has 1 aromatic carbocycles. The molecule has 5 rings (SSSR count). The van der Waals surface area contributed by atoms with Crippen molar-refractivity contribution in [3.63, 3.8) is 0 Å². The predicted octanol–water partition coefficient (Wildman–Crippen LogP) is 4.77. The largest absolute Gasteiger partial charge is 0.477 e. The van der Waals surface area contributed by atoms with Gasteiger partial charge in [0.25, 0.3) is 0 Å².